The van der Waals surface area contributed by atoms with Crippen LogP contribution in [0.2, 0.25) is 0 Å². The van der Waals surface area contributed by atoms with Gasteiger partial charge >= 0.3 is 0 Å². The molecule has 0 radical (unpaired) electrons. The largest absolute Gasteiger partial charge is 0.497 e. The number of benzene rings is 2. The molecule has 0 saturated heterocycles. The Balaban J connectivity index is 1.59. The highest BCUT2D eigenvalue weighted by atomic mass is 16.5. The van der Waals surface area contributed by atoms with Crippen LogP contribution in [0.25, 0.3) is 11.6 Å². The van der Waals surface area contributed by atoms with E-state index in [0.717, 1.165) is 5.56 Å². The highest BCUT2D eigenvalue weighted by molar-refractivity contribution is 6.06. The van der Waals surface area contributed by atoms with Gasteiger partial charge in [0.2, 0.25) is 11.8 Å². The molecule has 5 rings (SSSR count). The number of aromatic nitrogens is 3. The molecule has 1 aliphatic heterocycles. The highest BCUT2D eigenvalue weighted by Crippen LogP contribution is 2.38. The topological polar surface area (TPSA) is 103 Å². The van der Waals surface area contributed by atoms with Gasteiger partial charge in [0, 0.05) is 5.70 Å². The molecule has 3 heterocycles. The molecule has 1 atom stereocenters. The van der Waals surface area contributed by atoms with E-state index in [0.29, 0.717) is 46.0 Å². The van der Waals surface area contributed by atoms with Crippen LogP contribution in [0.3, 0.4) is 0 Å². The second-order valence-electron chi connectivity index (χ2n) is 7.67. The minimum atomic E-state index is -0.534. The van der Waals surface area contributed by atoms with Crippen LogP contribution < -0.4 is 20.1 Å². The van der Waals surface area contributed by atoms with E-state index >= 15 is 0 Å². The summed E-state index contributed by atoms with van der Waals surface area (Å²) in [6, 6.07) is 17.8. The van der Waals surface area contributed by atoms with Crippen molar-refractivity contribution in [3.05, 3.63) is 83.8 Å². The number of rotatable bonds is 6. The van der Waals surface area contributed by atoms with E-state index in [1.807, 2.05) is 43.3 Å². The maximum atomic E-state index is 13.6. The van der Waals surface area contributed by atoms with Gasteiger partial charge in [-0.15, -0.1) is 5.10 Å². The van der Waals surface area contributed by atoms with Crippen molar-refractivity contribution in [3.63, 3.8) is 0 Å². The second kappa shape index (κ2) is 8.78. The van der Waals surface area contributed by atoms with E-state index in [-0.39, 0.29) is 5.91 Å². The standard InChI is InChI=1S/C25H23N5O4/c1-15-21(24(31)27-18-7-4-5-8-19(18)33-3)22(16-10-12-17(32-2)13-11-16)30-25(26-15)28-23(29-30)20-9-6-14-34-20/h4-14,22H,1-3H3,(H,27,31)(H,26,28,29)/t22-/m0/s1. The number of methoxy groups -OCH3 is 2. The zero-order valence-electron chi connectivity index (χ0n) is 18.9. The molecule has 4 aromatic rings. The zero-order chi connectivity index (χ0) is 23.7. The molecule has 1 amide bonds. The van der Waals surface area contributed by atoms with Crippen molar-refractivity contribution < 1.29 is 18.7 Å². The molecule has 9 heteroatoms. The van der Waals surface area contributed by atoms with Crippen molar-refractivity contribution in [3.8, 4) is 23.1 Å². The molecule has 1 aliphatic rings. The molecule has 0 bridgehead atoms. The molecular weight excluding hydrogens is 434 g/mol. The first-order chi connectivity index (χ1) is 16.6. The molecule has 34 heavy (non-hydrogen) atoms. The van der Waals surface area contributed by atoms with Gasteiger partial charge in [-0.2, -0.15) is 4.98 Å². The number of carbonyl (C=O) groups excluding carboxylic acids is 1. The lowest BCUT2D eigenvalue weighted by Crippen LogP contribution is -2.31. The van der Waals surface area contributed by atoms with E-state index < -0.39 is 6.04 Å². The molecule has 0 spiro atoms. The average Bonchev–Trinajstić information content (AvgIpc) is 3.53. The summed E-state index contributed by atoms with van der Waals surface area (Å²) < 4.78 is 17.9. The summed E-state index contributed by atoms with van der Waals surface area (Å²) in [5, 5.41) is 10.9. The van der Waals surface area contributed by atoms with E-state index in [1.165, 1.54) is 0 Å². The molecular formula is C25H23N5O4. The number of furan rings is 1. The number of allylic oxidation sites excluding steroid dienone is 1. The van der Waals surface area contributed by atoms with Crippen LogP contribution in [0.15, 0.2) is 82.6 Å². The van der Waals surface area contributed by atoms with Crippen LogP contribution in [0.1, 0.15) is 18.5 Å². The van der Waals surface area contributed by atoms with Gasteiger partial charge in [0.15, 0.2) is 5.76 Å². The Morgan fingerprint density at radius 3 is 2.56 bits per heavy atom. The van der Waals surface area contributed by atoms with Crippen molar-refractivity contribution in [2.24, 2.45) is 0 Å². The van der Waals surface area contributed by atoms with Gasteiger partial charge in [-0.05, 0) is 48.9 Å². The number of hydrogen-bond acceptors (Lipinski definition) is 7. The lowest BCUT2D eigenvalue weighted by Gasteiger charge is -2.29. The summed E-state index contributed by atoms with van der Waals surface area (Å²) in [5.41, 5.74) is 2.59. The van der Waals surface area contributed by atoms with Gasteiger partial charge in [-0.1, -0.05) is 24.3 Å². The lowest BCUT2D eigenvalue weighted by molar-refractivity contribution is -0.113. The minimum absolute atomic E-state index is 0.281. The third-order valence-electron chi connectivity index (χ3n) is 5.63. The van der Waals surface area contributed by atoms with Crippen molar-refractivity contribution >= 4 is 17.5 Å². The van der Waals surface area contributed by atoms with Gasteiger partial charge in [-0.25, -0.2) is 4.68 Å². The molecule has 0 unspecified atom stereocenters. The first kappa shape index (κ1) is 21.3. The summed E-state index contributed by atoms with van der Waals surface area (Å²) in [7, 11) is 3.18. The molecule has 0 aliphatic carbocycles. The Hall–Kier alpha value is -4.53. The maximum Gasteiger partial charge on any atom is 0.255 e. The monoisotopic (exact) mass is 457 g/mol. The Bertz CT molecular complexity index is 1360. The molecule has 0 fully saturated rings. The number of ether oxygens (including phenoxy) is 2. The van der Waals surface area contributed by atoms with E-state index in [9.17, 15) is 4.79 Å². The third kappa shape index (κ3) is 3.77. The smallest absolute Gasteiger partial charge is 0.255 e. The summed E-state index contributed by atoms with van der Waals surface area (Å²) in [5.74, 6) is 2.48. The number of anilines is 2. The van der Waals surface area contributed by atoms with E-state index in [2.05, 4.69) is 20.7 Å². The summed E-state index contributed by atoms with van der Waals surface area (Å²) in [6.45, 7) is 1.85. The average molecular weight is 457 g/mol. The number of hydrogen-bond donors (Lipinski definition) is 2. The first-order valence-electron chi connectivity index (χ1n) is 10.7. The van der Waals surface area contributed by atoms with Gasteiger partial charge in [0.25, 0.3) is 5.91 Å². The molecule has 172 valence electrons. The molecule has 2 N–H and O–H groups in total. The number of para-hydroxylation sites is 2. The van der Waals surface area contributed by atoms with Gasteiger partial charge in [0.1, 0.15) is 17.5 Å². The fraction of sp³-hybridized carbons (Fsp3) is 0.160. The zero-order valence-corrected chi connectivity index (χ0v) is 18.9. The van der Waals surface area contributed by atoms with Crippen LogP contribution in [0, 0.1) is 0 Å². The van der Waals surface area contributed by atoms with Gasteiger partial charge in [-0.3, -0.25) is 4.79 Å². The Kier molecular flexibility index (Phi) is 5.51. The number of carbonyl (C=O) groups is 1. The van der Waals surface area contributed by atoms with Crippen molar-refractivity contribution in [1.82, 2.24) is 14.8 Å². The van der Waals surface area contributed by atoms with Crippen molar-refractivity contribution in [1.29, 1.82) is 0 Å². The second-order valence-corrected chi connectivity index (χ2v) is 7.67. The summed E-state index contributed by atoms with van der Waals surface area (Å²) >= 11 is 0. The van der Waals surface area contributed by atoms with Crippen LogP contribution in [0.5, 0.6) is 11.5 Å². The number of amides is 1. The normalized spacial score (nSPS) is 14.9. The number of nitrogens with zero attached hydrogens (tertiary/aromatic N) is 3. The van der Waals surface area contributed by atoms with Gasteiger partial charge in [0.05, 0.1) is 31.7 Å². The van der Waals surface area contributed by atoms with Gasteiger partial charge < -0.3 is 24.5 Å². The quantitative estimate of drug-likeness (QED) is 0.440. The predicted molar refractivity (Wildman–Crippen MR) is 127 cm³/mol. The Morgan fingerprint density at radius 2 is 1.85 bits per heavy atom. The number of fused-ring (bicyclic) bond motifs is 1. The number of nitrogens with one attached hydrogen (secondary N) is 2. The Labute approximate surface area is 196 Å². The van der Waals surface area contributed by atoms with Crippen molar-refractivity contribution in [2.75, 3.05) is 24.9 Å². The minimum Gasteiger partial charge on any atom is -0.497 e. The predicted octanol–water partition coefficient (Wildman–Crippen LogP) is 4.48. The first-order valence-corrected chi connectivity index (χ1v) is 10.7. The third-order valence-corrected chi connectivity index (χ3v) is 5.63. The molecule has 2 aromatic carbocycles. The van der Waals surface area contributed by atoms with E-state index in [4.69, 9.17) is 13.9 Å². The fourth-order valence-electron chi connectivity index (χ4n) is 3.99. The van der Waals surface area contributed by atoms with Crippen LogP contribution in [0.4, 0.5) is 11.6 Å². The molecule has 0 saturated carbocycles. The molecule has 9 nitrogen and oxygen atoms in total. The Morgan fingerprint density at radius 1 is 1.06 bits per heavy atom. The van der Waals surface area contributed by atoms with Crippen LogP contribution >= 0.6 is 0 Å². The summed E-state index contributed by atoms with van der Waals surface area (Å²) in [4.78, 5) is 18.2. The fourth-order valence-corrected chi connectivity index (χ4v) is 3.99. The summed E-state index contributed by atoms with van der Waals surface area (Å²) in [6.07, 6.45) is 1.57. The highest BCUT2D eigenvalue weighted by Gasteiger charge is 2.35. The lowest BCUT2D eigenvalue weighted by atomic mass is 9.95. The van der Waals surface area contributed by atoms with E-state index in [1.54, 1.807) is 49.4 Å². The van der Waals surface area contributed by atoms with Crippen molar-refractivity contribution in [2.45, 2.75) is 13.0 Å². The SMILES string of the molecule is COc1ccc([C@H]2C(C(=O)Nc3ccccc3OC)=C(C)Nc3nc(-c4ccco4)nn32)cc1. The van der Waals surface area contributed by atoms with Crippen LogP contribution in [-0.2, 0) is 4.79 Å². The molecule has 2 aromatic heterocycles. The maximum absolute atomic E-state index is 13.6. The van der Waals surface area contributed by atoms with Crippen LogP contribution in [-0.4, -0.2) is 34.9 Å².